The third-order valence-electron chi connectivity index (χ3n) is 5.80. The van der Waals surface area contributed by atoms with E-state index >= 15 is 0 Å². The summed E-state index contributed by atoms with van der Waals surface area (Å²) in [6.45, 7) is 6.67. The van der Waals surface area contributed by atoms with Crippen molar-refractivity contribution < 1.29 is 18.7 Å². The van der Waals surface area contributed by atoms with Gasteiger partial charge < -0.3 is 24.1 Å². The van der Waals surface area contributed by atoms with Crippen LogP contribution >= 0.6 is 0 Å². The van der Waals surface area contributed by atoms with E-state index in [9.17, 15) is 9.59 Å². The number of fused-ring (bicyclic) bond motifs is 3. The molecule has 2 aliphatic rings. The Bertz CT molecular complexity index is 1270. The predicted octanol–water partition coefficient (Wildman–Crippen LogP) is 3.82. The van der Waals surface area contributed by atoms with Gasteiger partial charge in [0.05, 0.1) is 24.4 Å². The quantitative estimate of drug-likeness (QED) is 0.498. The van der Waals surface area contributed by atoms with Crippen LogP contribution in [0.15, 0.2) is 63.9 Å². The molecule has 5 rings (SSSR count). The van der Waals surface area contributed by atoms with Crippen LogP contribution in [0, 0.1) is 0 Å². The largest absolute Gasteiger partial charge is 0.479 e. The minimum Gasteiger partial charge on any atom is -0.479 e. The van der Waals surface area contributed by atoms with Gasteiger partial charge in [0.25, 0.3) is 0 Å². The van der Waals surface area contributed by atoms with Crippen molar-refractivity contribution in [2.75, 3.05) is 36.5 Å². The van der Waals surface area contributed by atoms with E-state index in [1.54, 1.807) is 32.2 Å². The topological polar surface area (TPSA) is 81.0 Å². The number of carbonyl (C=O) groups excluding carboxylic acids is 1. The van der Waals surface area contributed by atoms with Crippen LogP contribution in [0.5, 0.6) is 5.75 Å². The molecule has 164 valence electrons. The van der Waals surface area contributed by atoms with E-state index in [0.29, 0.717) is 22.5 Å². The standard InChI is InChI=1S/C25H24N2O5/c1-25(2)24(29)19(22-20(32-25)9-3-16-4-10-21(28)31-23(16)22)15-26-17-5-7-18(8-6-17)27-11-13-30-14-12-27/h3-10,15,26H,11-14H2,1-2H3. The van der Waals surface area contributed by atoms with Crippen molar-refractivity contribution in [3.8, 4) is 5.75 Å². The van der Waals surface area contributed by atoms with E-state index < -0.39 is 11.2 Å². The lowest BCUT2D eigenvalue weighted by Crippen LogP contribution is -2.42. The molecule has 0 spiro atoms. The van der Waals surface area contributed by atoms with Crippen LogP contribution in [0.4, 0.5) is 11.4 Å². The lowest BCUT2D eigenvalue weighted by Gasteiger charge is -2.32. The highest BCUT2D eigenvalue weighted by molar-refractivity contribution is 6.28. The summed E-state index contributed by atoms with van der Waals surface area (Å²) in [5, 5.41) is 3.95. The van der Waals surface area contributed by atoms with Crippen molar-refractivity contribution in [1.82, 2.24) is 0 Å². The van der Waals surface area contributed by atoms with Gasteiger partial charge in [0.15, 0.2) is 5.60 Å². The highest BCUT2D eigenvalue weighted by atomic mass is 16.5. The van der Waals surface area contributed by atoms with Gasteiger partial charge in [0.1, 0.15) is 11.3 Å². The Morgan fingerprint density at radius 2 is 1.69 bits per heavy atom. The van der Waals surface area contributed by atoms with Gasteiger partial charge in [-0.2, -0.15) is 0 Å². The van der Waals surface area contributed by atoms with Gasteiger partial charge in [0, 0.05) is 42.1 Å². The molecule has 0 aliphatic carbocycles. The number of nitrogens with one attached hydrogen (secondary N) is 1. The molecule has 0 amide bonds. The number of carbonyl (C=O) groups is 1. The molecule has 1 saturated heterocycles. The van der Waals surface area contributed by atoms with Crippen LogP contribution in [0.2, 0.25) is 0 Å². The van der Waals surface area contributed by atoms with Gasteiger partial charge in [-0.1, -0.05) is 0 Å². The maximum Gasteiger partial charge on any atom is 0.336 e. The number of benzene rings is 2. The predicted molar refractivity (Wildman–Crippen MR) is 123 cm³/mol. The third kappa shape index (κ3) is 3.65. The number of morpholine rings is 1. The smallest absolute Gasteiger partial charge is 0.336 e. The molecule has 7 nitrogen and oxygen atoms in total. The zero-order valence-electron chi connectivity index (χ0n) is 18.0. The molecule has 1 fully saturated rings. The highest BCUT2D eigenvalue weighted by Crippen LogP contribution is 2.41. The fraction of sp³-hybridized carbons (Fsp3) is 0.280. The average Bonchev–Trinajstić information content (AvgIpc) is 2.80. The van der Waals surface area contributed by atoms with Crippen molar-refractivity contribution >= 4 is 33.7 Å². The second kappa shape index (κ2) is 7.84. The Hall–Kier alpha value is -3.58. The van der Waals surface area contributed by atoms with Crippen molar-refractivity contribution in [1.29, 1.82) is 0 Å². The lowest BCUT2D eigenvalue weighted by molar-refractivity contribution is -0.126. The number of nitrogens with zero attached hydrogens (tertiary/aromatic N) is 1. The van der Waals surface area contributed by atoms with Crippen LogP contribution in [-0.2, 0) is 9.53 Å². The molecule has 1 aromatic heterocycles. The van der Waals surface area contributed by atoms with Crippen LogP contribution in [0.3, 0.4) is 0 Å². The zero-order chi connectivity index (χ0) is 22.3. The number of ether oxygens (including phenoxy) is 2. The number of hydrogen-bond donors (Lipinski definition) is 1. The van der Waals surface area contributed by atoms with E-state index in [0.717, 1.165) is 43.1 Å². The van der Waals surface area contributed by atoms with Gasteiger partial charge >= 0.3 is 5.63 Å². The van der Waals surface area contributed by atoms with Crippen LogP contribution in [0.25, 0.3) is 16.5 Å². The van der Waals surface area contributed by atoms with Gasteiger partial charge in [0.2, 0.25) is 5.78 Å². The van der Waals surface area contributed by atoms with Crippen molar-refractivity contribution in [3.05, 3.63) is 70.7 Å². The molecule has 0 radical (unpaired) electrons. The first kappa shape index (κ1) is 20.3. The molecular weight excluding hydrogens is 408 g/mol. The Morgan fingerprint density at radius 3 is 2.44 bits per heavy atom. The summed E-state index contributed by atoms with van der Waals surface area (Å²) in [5.74, 6) is 0.314. The molecule has 0 atom stereocenters. The van der Waals surface area contributed by atoms with Gasteiger partial charge in [-0.15, -0.1) is 0 Å². The summed E-state index contributed by atoms with van der Waals surface area (Å²) < 4.78 is 16.8. The van der Waals surface area contributed by atoms with Crippen molar-refractivity contribution in [2.24, 2.45) is 0 Å². The molecule has 0 saturated carbocycles. The molecule has 2 aromatic carbocycles. The van der Waals surface area contributed by atoms with E-state index in [-0.39, 0.29) is 5.78 Å². The van der Waals surface area contributed by atoms with E-state index in [1.165, 1.54) is 6.07 Å². The Labute approximate surface area is 185 Å². The molecular formula is C25H24N2O5. The first-order valence-corrected chi connectivity index (χ1v) is 10.6. The van der Waals surface area contributed by atoms with E-state index in [2.05, 4.69) is 10.2 Å². The summed E-state index contributed by atoms with van der Waals surface area (Å²) >= 11 is 0. The fourth-order valence-electron chi connectivity index (χ4n) is 4.10. The summed E-state index contributed by atoms with van der Waals surface area (Å²) in [5.41, 5.74) is 1.70. The zero-order valence-corrected chi connectivity index (χ0v) is 18.0. The van der Waals surface area contributed by atoms with Crippen molar-refractivity contribution in [3.63, 3.8) is 0 Å². The third-order valence-corrected chi connectivity index (χ3v) is 5.80. The highest BCUT2D eigenvalue weighted by Gasteiger charge is 2.40. The lowest BCUT2D eigenvalue weighted by atomic mass is 9.87. The average molecular weight is 432 g/mol. The minimum absolute atomic E-state index is 0.193. The molecule has 3 heterocycles. The monoisotopic (exact) mass is 432 g/mol. The minimum atomic E-state index is -1.04. The molecule has 0 unspecified atom stereocenters. The molecule has 7 heteroatoms. The number of ketones is 1. The van der Waals surface area contributed by atoms with Crippen LogP contribution in [-0.4, -0.2) is 37.7 Å². The number of anilines is 2. The van der Waals surface area contributed by atoms with Gasteiger partial charge in [-0.05, 0) is 56.3 Å². The Balaban J connectivity index is 1.51. The maximum absolute atomic E-state index is 13.2. The molecule has 1 N–H and O–H groups in total. The summed E-state index contributed by atoms with van der Waals surface area (Å²) in [7, 11) is 0. The van der Waals surface area contributed by atoms with Crippen LogP contribution in [0.1, 0.15) is 19.4 Å². The summed E-state index contributed by atoms with van der Waals surface area (Å²) in [6.07, 6.45) is 1.67. The van der Waals surface area contributed by atoms with Crippen LogP contribution < -0.4 is 20.6 Å². The van der Waals surface area contributed by atoms with Gasteiger partial charge in [-0.3, -0.25) is 4.79 Å². The van der Waals surface area contributed by atoms with Crippen molar-refractivity contribution in [2.45, 2.75) is 19.4 Å². The molecule has 0 bridgehead atoms. The SMILES string of the molecule is CC1(C)Oc2ccc3ccc(=O)oc3c2C(=CNc2ccc(N3CCOCC3)cc2)C1=O. The molecule has 2 aliphatic heterocycles. The van der Waals surface area contributed by atoms with E-state index in [4.69, 9.17) is 13.9 Å². The molecule has 3 aromatic rings. The number of Topliss-reactive ketones (excluding diaryl/α,β-unsaturated/α-hetero) is 1. The number of hydrogen-bond acceptors (Lipinski definition) is 7. The molecule has 32 heavy (non-hydrogen) atoms. The first-order valence-electron chi connectivity index (χ1n) is 10.6. The Morgan fingerprint density at radius 1 is 0.969 bits per heavy atom. The second-order valence-corrected chi connectivity index (χ2v) is 8.40. The normalized spacial score (nSPS) is 19.0. The summed E-state index contributed by atoms with van der Waals surface area (Å²) in [6, 6.07) is 14.7. The van der Waals surface area contributed by atoms with Gasteiger partial charge in [-0.25, -0.2) is 4.79 Å². The number of rotatable bonds is 3. The maximum atomic E-state index is 13.2. The fourth-order valence-corrected chi connectivity index (χ4v) is 4.10. The van der Waals surface area contributed by atoms with E-state index in [1.807, 2.05) is 30.3 Å². The Kier molecular flexibility index (Phi) is 4.98. The second-order valence-electron chi connectivity index (χ2n) is 8.40. The summed E-state index contributed by atoms with van der Waals surface area (Å²) in [4.78, 5) is 27.4. The first-order chi connectivity index (χ1) is 15.4.